The standard InChI is InChI=1S/C18H16N4OS/c1-12(2)15-8-7-14(10-20)18(22-15)24-11-17(23)21-16-6-4-3-5-13(16)9-19/h3-8,12H,11H2,1-2H3,(H,21,23). The number of nitrogens with one attached hydrogen (secondary N) is 1. The summed E-state index contributed by atoms with van der Waals surface area (Å²) < 4.78 is 0. The Morgan fingerprint density at radius 1 is 1.17 bits per heavy atom. The molecular formula is C18H16N4OS. The van der Waals surface area contributed by atoms with Gasteiger partial charge in [0.2, 0.25) is 5.91 Å². The molecule has 1 aromatic carbocycles. The van der Waals surface area contributed by atoms with E-state index in [1.165, 1.54) is 11.8 Å². The van der Waals surface area contributed by atoms with Crippen molar-refractivity contribution >= 4 is 23.4 Å². The smallest absolute Gasteiger partial charge is 0.234 e. The molecule has 0 saturated heterocycles. The van der Waals surface area contributed by atoms with Crippen LogP contribution in [0.1, 0.15) is 36.6 Å². The monoisotopic (exact) mass is 336 g/mol. The zero-order valence-corrected chi connectivity index (χ0v) is 14.2. The Labute approximate surface area is 145 Å². The lowest BCUT2D eigenvalue weighted by atomic mass is 10.1. The van der Waals surface area contributed by atoms with E-state index in [0.29, 0.717) is 21.8 Å². The Hall–Kier alpha value is -2.83. The molecule has 1 heterocycles. The fraction of sp³-hybridized carbons (Fsp3) is 0.222. The molecule has 2 rings (SSSR count). The first-order chi connectivity index (χ1) is 11.5. The number of benzene rings is 1. The van der Waals surface area contributed by atoms with Gasteiger partial charge in [-0.05, 0) is 30.2 Å². The summed E-state index contributed by atoms with van der Waals surface area (Å²) in [5.41, 5.74) is 2.23. The van der Waals surface area contributed by atoms with Crippen molar-refractivity contribution in [2.75, 3.05) is 11.1 Å². The number of pyridine rings is 1. The molecule has 0 unspecified atom stereocenters. The number of carbonyl (C=O) groups excluding carboxylic acids is 1. The zero-order valence-electron chi connectivity index (χ0n) is 13.4. The van der Waals surface area contributed by atoms with E-state index in [1.54, 1.807) is 30.3 Å². The van der Waals surface area contributed by atoms with Crippen molar-refractivity contribution in [2.45, 2.75) is 24.8 Å². The normalized spacial score (nSPS) is 10.0. The van der Waals surface area contributed by atoms with E-state index in [1.807, 2.05) is 26.0 Å². The predicted octanol–water partition coefficient (Wildman–Crippen LogP) is 3.68. The van der Waals surface area contributed by atoms with Crippen LogP contribution in [0.25, 0.3) is 0 Å². The molecule has 0 aliphatic rings. The van der Waals surface area contributed by atoms with Gasteiger partial charge in [-0.25, -0.2) is 4.98 Å². The highest BCUT2D eigenvalue weighted by molar-refractivity contribution is 8.00. The maximum Gasteiger partial charge on any atom is 0.234 e. The van der Waals surface area contributed by atoms with Crippen molar-refractivity contribution in [3.63, 3.8) is 0 Å². The molecule has 0 spiro atoms. The molecule has 0 radical (unpaired) electrons. The molecule has 0 aliphatic carbocycles. The first-order valence-corrected chi connectivity index (χ1v) is 8.36. The molecule has 1 amide bonds. The lowest BCUT2D eigenvalue weighted by molar-refractivity contribution is -0.113. The number of thioether (sulfide) groups is 1. The molecule has 120 valence electrons. The fourth-order valence-corrected chi connectivity index (χ4v) is 2.76. The van der Waals surface area contributed by atoms with Gasteiger partial charge in [-0.1, -0.05) is 37.7 Å². The maximum absolute atomic E-state index is 12.1. The minimum absolute atomic E-state index is 0.114. The molecule has 6 heteroatoms. The van der Waals surface area contributed by atoms with Crippen LogP contribution in [0.4, 0.5) is 5.69 Å². The predicted molar refractivity (Wildman–Crippen MR) is 93.6 cm³/mol. The van der Waals surface area contributed by atoms with Crippen LogP contribution in [-0.2, 0) is 4.79 Å². The number of nitriles is 2. The van der Waals surface area contributed by atoms with Crippen LogP contribution in [0, 0.1) is 22.7 Å². The summed E-state index contributed by atoms with van der Waals surface area (Å²) >= 11 is 1.22. The zero-order chi connectivity index (χ0) is 17.5. The quantitative estimate of drug-likeness (QED) is 0.841. The second-order valence-corrected chi connectivity index (χ2v) is 6.31. The summed E-state index contributed by atoms with van der Waals surface area (Å²) in [5.74, 6) is 0.111. The number of para-hydroxylation sites is 1. The third-order valence-electron chi connectivity index (χ3n) is 3.26. The Kier molecular flexibility index (Phi) is 5.95. The van der Waals surface area contributed by atoms with E-state index in [0.717, 1.165) is 5.69 Å². The van der Waals surface area contributed by atoms with Gasteiger partial charge in [0, 0.05) is 5.69 Å². The third-order valence-corrected chi connectivity index (χ3v) is 4.25. The molecular weight excluding hydrogens is 320 g/mol. The van der Waals surface area contributed by atoms with Gasteiger partial charge in [0.25, 0.3) is 0 Å². The summed E-state index contributed by atoms with van der Waals surface area (Å²) in [6, 6.07) is 14.5. The van der Waals surface area contributed by atoms with Gasteiger partial charge < -0.3 is 5.32 Å². The Balaban J connectivity index is 2.08. The molecule has 5 nitrogen and oxygen atoms in total. The highest BCUT2D eigenvalue weighted by atomic mass is 32.2. The largest absolute Gasteiger partial charge is 0.324 e. The lowest BCUT2D eigenvalue weighted by Crippen LogP contribution is -2.15. The number of amides is 1. The highest BCUT2D eigenvalue weighted by Gasteiger charge is 2.12. The molecule has 0 bridgehead atoms. The van der Waals surface area contributed by atoms with Crippen LogP contribution >= 0.6 is 11.8 Å². The molecule has 0 atom stereocenters. The number of nitrogens with zero attached hydrogens (tertiary/aromatic N) is 3. The van der Waals surface area contributed by atoms with Gasteiger partial charge in [0.1, 0.15) is 17.2 Å². The number of hydrogen-bond donors (Lipinski definition) is 1. The van der Waals surface area contributed by atoms with Gasteiger partial charge in [0.15, 0.2) is 0 Å². The molecule has 0 aliphatic heterocycles. The van der Waals surface area contributed by atoms with Crippen molar-refractivity contribution in [1.82, 2.24) is 4.98 Å². The van der Waals surface area contributed by atoms with Crippen molar-refractivity contribution in [2.24, 2.45) is 0 Å². The van der Waals surface area contributed by atoms with Gasteiger partial charge in [0.05, 0.1) is 22.6 Å². The topological polar surface area (TPSA) is 89.6 Å². The average Bonchev–Trinajstić information content (AvgIpc) is 2.60. The van der Waals surface area contributed by atoms with Crippen LogP contribution in [0.2, 0.25) is 0 Å². The molecule has 0 saturated carbocycles. The summed E-state index contributed by atoms with van der Waals surface area (Å²) in [4.78, 5) is 16.6. The number of rotatable bonds is 5. The van der Waals surface area contributed by atoms with E-state index in [4.69, 9.17) is 5.26 Å². The maximum atomic E-state index is 12.1. The highest BCUT2D eigenvalue weighted by Crippen LogP contribution is 2.24. The minimum Gasteiger partial charge on any atom is -0.324 e. The summed E-state index contributed by atoms with van der Waals surface area (Å²) in [7, 11) is 0. The second kappa shape index (κ2) is 8.14. The third kappa shape index (κ3) is 4.34. The second-order valence-electron chi connectivity index (χ2n) is 5.35. The number of carbonyl (C=O) groups is 1. The van der Waals surface area contributed by atoms with Gasteiger partial charge in [-0.2, -0.15) is 10.5 Å². The van der Waals surface area contributed by atoms with Crippen molar-refractivity contribution in [3.05, 3.63) is 53.2 Å². The van der Waals surface area contributed by atoms with Gasteiger partial charge >= 0.3 is 0 Å². The van der Waals surface area contributed by atoms with Crippen LogP contribution in [0.15, 0.2) is 41.4 Å². The van der Waals surface area contributed by atoms with Crippen LogP contribution in [-0.4, -0.2) is 16.6 Å². The number of aromatic nitrogens is 1. The van der Waals surface area contributed by atoms with Crippen molar-refractivity contribution in [3.8, 4) is 12.1 Å². The average molecular weight is 336 g/mol. The van der Waals surface area contributed by atoms with Crippen LogP contribution < -0.4 is 5.32 Å². The van der Waals surface area contributed by atoms with Crippen molar-refractivity contribution < 1.29 is 4.79 Å². The van der Waals surface area contributed by atoms with E-state index in [2.05, 4.69) is 16.4 Å². The minimum atomic E-state index is -0.247. The molecule has 1 N–H and O–H groups in total. The summed E-state index contributed by atoms with van der Waals surface area (Å²) in [6.07, 6.45) is 0. The van der Waals surface area contributed by atoms with Gasteiger partial charge in [-0.3, -0.25) is 4.79 Å². The molecule has 24 heavy (non-hydrogen) atoms. The first kappa shape index (κ1) is 17.5. The van der Waals surface area contributed by atoms with E-state index >= 15 is 0 Å². The Bertz CT molecular complexity index is 834. The molecule has 0 fully saturated rings. The van der Waals surface area contributed by atoms with Crippen molar-refractivity contribution in [1.29, 1.82) is 10.5 Å². The van der Waals surface area contributed by atoms with Crippen LogP contribution in [0.5, 0.6) is 0 Å². The Morgan fingerprint density at radius 2 is 1.88 bits per heavy atom. The molecule has 1 aromatic heterocycles. The van der Waals surface area contributed by atoms with Crippen LogP contribution in [0.3, 0.4) is 0 Å². The number of hydrogen-bond acceptors (Lipinski definition) is 5. The number of anilines is 1. The Morgan fingerprint density at radius 3 is 2.54 bits per heavy atom. The van der Waals surface area contributed by atoms with E-state index in [9.17, 15) is 10.1 Å². The van der Waals surface area contributed by atoms with Gasteiger partial charge in [-0.15, -0.1) is 0 Å². The van der Waals surface area contributed by atoms with E-state index < -0.39 is 0 Å². The molecule has 2 aromatic rings. The first-order valence-electron chi connectivity index (χ1n) is 7.38. The SMILES string of the molecule is CC(C)c1ccc(C#N)c(SCC(=O)Nc2ccccc2C#N)n1. The van der Waals surface area contributed by atoms with E-state index in [-0.39, 0.29) is 17.6 Å². The summed E-state index contributed by atoms with van der Waals surface area (Å²) in [6.45, 7) is 4.04. The fourth-order valence-electron chi connectivity index (χ4n) is 1.98. The summed E-state index contributed by atoms with van der Waals surface area (Å²) in [5, 5.41) is 21.5. The lowest BCUT2D eigenvalue weighted by Gasteiger charge is -2.09.